The van der Waals surface area contributed by atoms with E-state index in [9.17, 15) is 12.8 Å². The Morgan fingerprint density at radius 3 is 2.74 bits per heavy atom. The molecule has 0 saturated carbocycles. The Morgan fingerprint density at radius 1 is 1.30 bits per heavy atom. The number of ether oxygens (including phenoxy) is 1. The maximum absolute atomic E-state index is 13.2. The number of aromatic nitrogens is 2. The Labute approximate surface area is 134 Å². The summed E-state index contributed by atoms with van der Waals surface area (Å²) in [5.41, 5.74) is 0.390. The van der Waals surface area contributed by atoms with Gasteiger partial charge in [-0.1, -0.05) is 0 Å². The fraction of sp³-hybridized carbons (Fsp3) is 0.333. The third-order valence-electron chi connectivity index (χ3n) is 3.68. The third kappa shape index (κ3) is 3.32. The lowest BCUT2D eigenvalue weighted by Gasteiger charge is -2.18. The van der Waals surface area contributed by atoms with Crippen LogP contribution in [0.2, 0.25) is 0 Å². The fourth-order valence-electron chi connectivity index (χ4n) is 2.55. The quantitative estimate of drug-likeness (QED) is 0.850. The summed E-state index contributed by atoms with van der Waals surface area (Å²) < 4.78 is 45.5. The van der Waals surface area contributed by atoms with Crippen molar-refractivity contribution < 1.29 is 17.5 Å². The van der Waals surface area contributed by atoms with E-state index >= 15 is 0 Å². The number of nitrogens with zero attached hydrogens (tertiary/aromatic N) is 3. The van der Waals surface area contributed by atoms with E-state index in [1.165, 1.54) is 16.4 Å². The molecule has 1 aliphatic rings. The molecule has 0 unspecified atom stereocenters. The molecule has 2 aromatic rings. The molecule has 23 heavy (non-hydrogen) atoms. The van der Waals surface area contributed by atoms with Crippen LogP contribution < -0.4 is 4.74 Å². The highest BCUT2D eigenvalue weighted by Gasteiger charge is 2.34. The number of halogens is 1. The van der Waals surface area contributed by atoms with Crippen molar-refractivity contribution in [2.75, 3.05) is 13.1 Å². The highest BCUT2D eigenvalue weighted by molar-refractivity contribution is 7.89. The average Bonchev–Trinajstić information content (AvgIpc) is 2.97. The van der Waals surface area contributed by atoms with Crippen LogP contribution in [0.4, 0.5) is 4.39 Å². The molecule has 0 aliphatic carbocycles. The molecular weight excluding hydrogens is 321 g/mol. The van der Waals surface area contributed by atoms with E-state index in [0.717, 1.165) is 6.07 Å². The van der Waals surface area contributed by atoms with Crippen molar-refractivity contribution in [3.8, 4) is 6.01 Å². The molecule has 0 N–H and O–H groups in total. The van der Waals surface area contributed by atoms with Gasteiger partial charge in [0.2, 0.25) is 10.0 Å². The summed E-state index contributed by atoms with van der Waals surface area (Å²) in [6.07, 6.45) is 3.38. The van der Waals surface area contributed by atoms with Crippen LogP contribution in [0.25, 0.3) is 0 Å². The Hall–Kier alpha value is -2.06. The van der Waals surface area contributed by atoms with Crippen LogP contribution in [0.15, 0.2) is 41.6 Å². The maximum Gasteiger partial charge on any atom is 0.316 e. The standard InChI is InChI=1S/C15H16FN3O3S/c1-11-9-12(16)3-4-14(11)23(20,21)19-8-5-13(10-19)22-15-17-6-2-7-18-15/h2-4,6-7,9,13H,5,8,10H2,1H3/t13-/m0/s1. The molecule has 1 fully saturated rings. The smallest absolute Gasteiger partial charge is 0.316 e. The molecule has 3 rings (SSSR count). The Morgan fingerprint density at radius 2 is 2.04 bits per heavy atom. The molecule has 0 amide bonds. The summed E-state index contributed by atoms with van der Waals surface area (Å²) in [6.45, 7) is 2.14. The maximum atomic E-state index is 13.2. The van der Waals surface area contributed by atoms with E-state index in [1.807, 2.05) is 0 Å². The van der Waals surface area contributed by atoms with E-state index in [4.69, 9.17) is 4.74 Å². The SMILES string of the molecule is Cc1cc(F)ccc1S(=O)(=O)N1CC[C@H](Oc2ncccn2)C1. The largest absolute Gasteiger partial charge is 0.459 e. The van der Waals surface area contributed by atoms with E-state index in [0.29, 0.717) is 18.5 Å². The molecular formula is C15H16FN3O3S. The highest BCUT2D eigenvalue weighted by atomic mass is 32.2. The molecule has 1 atom stereocenters. The van der Waals surface area contributed by atoms with E-state index in [2.05, 4.69) is 9.97 Å². The Balaban J connectivity index is 1.75. The van der Waals surface area contributed by atoms with Gasteiger partial charge in [-0.2, -0.15) is 4.31 Å². The molecule has 1 aromatic heterocycles. The van der Waals surface area contributed by atoms with Crippen molar-refractivity contribution in [1.82, 2.24) is 14.3 Å². The molecule has 6 nitrogen and oxygen atoms in total. The first-order valence-corrected chi connectivity index (χ1v) is 8.61. The summed E-state index contributed by atoms with van der Waals surface area (Å²) in [7, 11) is -3.67. The minimum atomic E-state index is -3.67. The van der Waals surface area contributed by atoms with Gasteiger partial charge in [-0.05, 0) is 43.2 Å². The lowest BCUT2D eigenvalue weighted by Crippen LogP contribution is -2.31. The number of hydrogen-bond acceptors (Lipinski definition) is 5. The zero-order valence-electron chi connectivity index (χ0n) is 12.5. The van der Waals surface area contributed by atoms with Gasteiger partial charge < -0.3 is 4.74 Å². The molecule has 8 heteroatoms. The van der Waals surface area contributed by atoms with Gasteiger partial charge in [-0.3, -0.25) is 0 Å². The average molecular weight is 337 g/mol. The van der Waals surface area contributed by atoms with Gasteiger partial charge in [0.15, 0.2) is 0 Å². The molecule has 2 heterocycles. The summed E-state index contributed by atoms with van der Waals surface area (Å²) in [5.74, 6) is -0.453. The van der Waals surface area contributed by atoms with Gasteiger partial charge >= 0.3 is 6.01 Å². The van der Waals surface area contributed by atoms with Crippen LogP contribution in [-0.2, 0) is 10.0 Å². The number of rotatable bonds is 4. The van der Waals surface area contributed by atoms with Gasteiger partial charge in [-0.15, -0.1) is 0 Å². The first-order valence-electron chi connectivity index (χ1n) is 7.17. The second-order valence-corrected chi connectivity index (χ2v) is 7.24. The first kappa shape index (κ1) is 15.8. The fourth-order valence-corrected chi connectivity index (χ4v) is 4.24. The van der Waals surface area contributed by atoms with Crippen LogP contribution in [-0.4, -0.2) is 41.9 Å². The second kappa shape index (κ2) is 6.21. The Kier molecular flexibility index (Phi) is 4.27. The second-order valence-electron chi connectivity index (χ2n) is 5.33. The number of sulfonamides is 1. The van der Waals surface area contributed by atoms with E-state index < -0.39 is 15.8 Å². The molecule has 1 aliphatic heterocycles. The number of benzene rings is 1. The van der Waals surface area contributed by atoms with Crippen LogP contribution >= 0.6 is 0 Å². The van der Waals surface area contributed by atoms with Crippen molar-refractivity contribution in [2.24, 2.45) is 0 Å². The minimum Gasteiger partial charge on any atom is -0.459 e. The predicted octanol–water partition coefficient (Wildman–Crippen LogP) is 1.77. The molecule has 1 saturated heterocycles. The zero-order chi connectivity index (χ0) is 16.4. The van der Waals surface area contributed by atoms with Gasteiger partial charge in [0.25, 0.3) is 0 Å². The van der Waals surface area contributed by atoms with Gasteiger partial charge in [0.05, 0.1) is 11.4 Å². The molecule has 0 radical (unpaired) electrons. The molecule has 0 spiro atoms. The normalized spacial score (nSPS) is 19.0. The summed E-state index contributed by atoms with van der Waals surface area (Å²) in [6, 6.07) is 5.58. The van der Waals surface area contributed by atoms with Gasteiger partial charge in [0, 0.05) is 18.9 Å². The van der Waals surface area contributed by atoms with Crippen molar-refractivity contribution in [3.63, 3.8) is 0 Å². The summed E-state index contributed by atoms with van der Waals surface area (Å²) in [4.78, 5) is 8.06. The minimum absolute atomic E-state index is 0.121. The van der Waals surface area contributed by atoms with Crippen LogP contribution in [0, 0.1) is 12.7 Å². The van der Waals surface area contributed by atoms with Crippen LogP contribution in [0.1, 0.15) is 12.0 Å². The predicted molar refractivity (Wildman–Crippen MR) is 81.0 cm³/mol. The topological polar surface area (TPSA) is 72.4 Å². The van der Waals surface area contributed by atoms with Crippen molar-refractivity contribution >= 4 is 10.0 Å². The van der Waals surface area contributed by atoms with E-state index in [1.54, 1.807) is 25.4 Å². The Bertz CT molecular complexity index is 799. The first-order chi connectivity index (χ1) is 11.0. The van der Waals surface area contributed by atoms with Crippen molar-refractivity contribution in [2.45, 2.75) is 24.3 Å². The number of aryl methyl sites for hydroxylation is 1. The van der Waals surface area contributed by atoms with Crippen molar-refractivity contribution in [3.05, 3.63) is 48.0 Å². The van der Waals surface area contributed by atoms with E-state index in [-0.39, 0.29) is 23.6 Å². The lowest BCUT2D eigenvalue weighted by molar-refractivity contribution is 0.197. The highest BCUT2D eigenvalue weighted by Crippen LogP contribution is 2.25. The number of hydrogen-bond donors (Lipinski definition) is 0. The lowest BCUT2D eigenvalue weighted by atomic mass is 10.2. The summed E-state index contributed by atoms with van der Waals surface area (Å²) >= 11 is 0. The third-order valence-corrected chi connectivity index (χ3v) is 5.70. The molecule has 122 valence electrons. The monoisotopic (exact) mass is 337 g/mol. The van der Waals surface area contributed by atoms with Crippen molar-refractivity contribution in [1.29, 1.82) is 0 Å². The molecule has 0 bridgehead atoms. The van der Waals surface area contributed by atoms with Gasteiger partial charge in [0.1, 0.15) is 11.9 Å². The van der Waals surface area contributed by atoms with Crippen LogP contribution in [0.5, 0.6) is 6.01 Å². The van der Waals surface area contributed by atoms with Crippen LogP contribution in [0.3, 0.4) is 0 Å². The zero-order valence-corrected chi connectivity index (χ0v) is 13.3. The molecule has 1 aromatic carbocycles. The van der Waals surface area contributed by atoms with Gasteiger partial charge in [-0.25, -0.2) is 22.8 Å². The summed E-state index contributed by atoms with van der Waals surface area (Å²) in [5, 5.41) is 0.